The molecular formula is C17H20ClN7O. The SMILES string of the molecule is Cn1nc(C2=CNC(NC(C)(C)c3ncccc3Cl)N=C2)cc1C(N)=O. The molecule has 0 radical (unpaired) electrons. The Morgan fingerprint density at radius 1 is 1.46 bits per heavy atom. The number of carbonyl (C=O) groups excluding carboxylic acids is 1. The first-order valence-electron chi connectivity index (χ1n) is 8.00. The van der Waals surface area contributed by atoms with Crippen molar-refractivity contribution < 1.29 is 4.79 Å². The van der Waals surface area contributed by atoms with Gasteiger partial charge in [0.05, 0.1) is 21.9 Å². The number of hydrogen-bond acceptors (Lipinski definition) is 6. The van der Waals surface area contributed by atoms with Crippen LogP contribution in [0.2, 0.25) is 5.02 Å². The number of carbonyl (C=O) groups is 1. The number of rotatable bonds is 5. The number of amides is 1. The third-order valence-corrected chi connectivity index (χ3v) is 4.34. The average Bonchev–Trinajstić information content (AvgIpc) is 2.97. The molecule has 0 aromatic carbocycles. The Labute approximate surface area is 156 Å². The van der Waals surface area contributed by atoms with Crippen LogP contribution in [0.3, 0.4) is 0 Å². The van der Waals surface area contributed by atoms with Gasteiger partial charge in [-0.1, -0.05) is 11.6 Å². The summed E-state index contributed by atoms with van der Waals surface area (Å²) in [6.07, 6.45) is 4.83. The number of hydrogen-bond donors (Lipinski definition) is 3. The first kappa shape index (κ1) is 18.1. The molecular weight excluding hydrogens is 354 g/mol. The van der Waals surface area contributed by atoms with E-state index in [-0.39, 0.29) is 6.29 Å². The van der Waals surface area contributed by atoms with Crippen LogP contribution in [-0.2, 0) is 12.6 Å². The zero-order chi connectivity index (χ0) is 18.9. The highest BCUT2D eigenvalue weighted by Gasteiger charge is 2.28. The smallest absolute Gasteiger partial charge is 0.266 e. The third kappa shape index (κ3) is 3.61. The topological polar surface area (TPSA) is 110 Å². The Kier molecular flexibility index (Phi) is 4.80. The minimum absolute atomic E-state index is 0.334. The average molecular weight is 374 g/mol. The van der Waals surface area contributed by atoms with E-state index < -0.39 is 11.4 Å². The lowest BCUT2D eigenvalue weighted by molar-refractivity contribution is 0.0991. The third-order valence-electron chi connectivity index (χ3n) is 4.04. The Morgan fingerprint density at radius 3 is 2.81 bits per heavy atom. The summed E-state index contributed by atoms with van der Waals surface area (Å²) in [6.45, 7) is 3.96. The maximum absolute atomic E-state index is 11.4. The Bertz CT molecular complexity index is 900. The van der Waals surface area contributed by atoms with E-state index in [4.69, 9.17) is 17.3 Å². The minimum Gasteiger partial charge on any atom is -0.364 e. The molecule has 0 saturated heterocycles. The molecule has 0 aliphatic carbocycles. The normalized spacial score (nSPS) is 16.9. The Hall–Kier alpha value is -2.71. The van der Waals surface area contributed by atoms with Gasteiger partial charge in [0.25, 0.3) is 5.91 Å². The second-order valence-corrected chi connectivity index (χ2v) is 6.86. The summed E-state index contributed by atoms with van der Waals surface area (Å²) in [5.41, 5.74) is 7.26. The molecule has 26 heavy (non-hydrogen) atoms. The van der Waals surface area contributed by atoms with Gasteiger partial charge in [-0.2, -0.15) is 5.10 Å². The largest absolute Gasteiger partial charge is 0.364 e. The molecule has 0 bridgehead atoms. The van der Waals surface area contributed by atoms with Crippen molar-refractivity contribution in [3.63, 3.8) is 0 Å². The molecule has 1 aliphatic rings. The van der Waals surface area contributed by atoms with E-state index in [1.54, 1.807) is 43.9 Å². The van der Waals surface area contributed by atoms with Crippen LogP contribution in [0.1, 0.15) is 35.7 Å². The quantitative estimate of drug-likeness (QED) is 0.733. The Morgan fingerprint density at radius 2 is 2.23 bits per heavy atom. The molecule has 0 spiro atoms. The summed E-state index contributed by atoms with van der Waals surface area (Å²) in [5.74, 6) is -0.527. The van der Waals surface area contributed by atoms with Crippen LogP contribution in [0.4, 0.5) is 0 Å². The van der Waals surface area contributed by atoms with Crippen molar-refractivity contribution in [1.29, 1.82) is 0 Å². The van der Waals surface area contributed by atoms with Crippen LogP contribution in [-0.4, -0.2) is 33.2 Å². The van der Waals surface area contributed by atoms with Gasteiger partial charge in [0.1, 0.15) is 5.69 Å². The molecule has 1 unspecified atom stereocenters. The van der Waals surface area contributed by atoms with E-state index in [1.807, 2.05) is 13.8 Å². The van der Waals surface area contributed by atoms with E-state index in [2.05, 4.69) is 25.7 Å². The fraction of sp³-hybridized carbons (Fsp3) is 0.294. The molecule has 1 aliphatic heterocycles. The van der Waals surface area contributed by atoms with Gasteiger partial charge in [-0.05, 0) is 32.0 Å². The first-order valence-corrected chi connectivity index (χ1v) is 8.38. The van der Waals surface area contributed by atoms with Gasteiger partial charge in [-0.25, -0.2) is 0 Å². The molecule has 2 aromatic rings. The monoisotopic (exact) mass is 373 g/mol. The second-order valence-electron chi connectivity index (χ2n) is 6.45. The molecule has 1 amide bonds. The van der Waals surface area contributed by atoms with Gasteiger partial charge in [-0.15, -0.1) is 0 Å². The van der Waals surface area contributed by atoms with E-state index in [1.165, 1.54) is 4.68 Å². The fourth-order valence-electron chi connectivity index (χ4n) is 2.72. The number of nitrogens with two attached hydrogens (primary N) is 1. The van der Waals surface area contributed by atoms with Gasteiger partial charge in [0.15, 0.2) is 6.29 Å². The van der Waals surface area contributed by atoms with Crippen LogP contribution in [0.15, 0.2) is 35.6 Å². The predicted octanol–water partition coefficient (Wildman–Crippen LogP) is 1.39. The Balaban J connectivity index is 1.72. The van der Waals surface area contributed by atoms with Crippen molar-refractivity contribution in [2.75, 3.05) is 0 Å². The summed E-state index contributed by atoms with van der Waals surface area (Å²) in [6, 6.07) is 5.23. The number of allylic oxidation sites excluding steroid dienone is 1. The number of halogens is 1. The summed E-state index contributed by atoms with van der Waals surface area (Å²) in [7, 11) is 1.67. The number of aliphatic imine (C=N–C) groups is 1. The number of nitrogens with zero attached hydrogens (tertiary/aromatic N) is 4. The van der Waals surface area contributed by atoms with E-state index >= 15 is 0 Å². The standard InChI is InChI=1S/C17H20ClN7O/c1-17(2,14-11(18)5-4-6-20-14)23-16-21-8-10(9-22-16)12-7-13(15(19)26)25(3)24-12/h4-9,16,21,23H,1-3H3,(H2,19,26). The van der Waals surface area contributed by atoms with Crippen molar-refractivity contribution in [2.45, 2.75) is 25.7 Å². The molecule has 9 heteroatoms. The van der Waals surface area contributed by atoms with Gasteiger partial charge in [0, 0.05) is 31.2 Å². The van der Waals surface area contributed by atoms with Crippen LogP contribution < -0.4 is 16.4 Å². The molecule has 0 fully saturated rings. The van der Waals surface area contributed by atoms with Gasteiger partial charge >= 0.3 is 0 Å². The highest BCUT2D eigenvalue weighted by molar-refractivity contribution is 6.31. The second kappa shape index (κ2) is 6.89. The van der Waals surface area contributed by atoms with Crippen molar-refractivity contribution in [3.05, 3.63) is 52.7 Å². The summed E-state index contributed by atoms with van der Waals surface area (Å²) >= 11 is 6.25. The number of aryl methyl sites for hydroxylation is 1. The van der Waals surface area contributed by atoms with Crippen LogP contribution in [0, 0.1) is 0 Å². The lowest BCUT2D eigenvalue weighted by Gasteiger charge is -2.31. The molecule has 2 aromatic heterocycles. The van der Waals surface area contributed by atoms with Gasteiger partial charge < -0.3 is 11.1 Å². The lowest BCUT2D eigenvalue weighted by atomic mass is 10.00. The highest BCUT2D eigenvalue weighted by atomic mass is 35.5. The molecule has 3 heterocycles. The van der Waals surface area contributed by atoms with Crippen molar-refractivity contribution >= 4 is 29.3 Å². The van der Waals surface area contributed by atoms with Gasteiger partial charge in [-0.3, -0.25) is 24.8 Å². The summed E-state index contributed by atoms with van der Waals surface area (Å²) < 4.78 is 1.45. The zero-order valence-electron chi connectivity index (χ0n) is 14.7. The molecule has 136 valence electrons. The van der Waals surface area contributed by atoms with Crippen LogP contribution in [0.25, 0.3) is 5.57 Å². The summed E-state index contributed by atoms with van der Waals surface area (Å²) in [5, 5.41) is 11.4. The fourth-order valence-corrected chi connectivity index (χ4v) is 3.08. The zero-order valence-corrected chi connectivity index (χ0v) is 15.4. The molecule has 3 rings (SSSR count). The van der Waals surface area contributed by atoms with Gasteiger partial charge in [0.2, 0.25) is 0 Å². The highest BCUT2D eigenvalue weighted by Crippen LogP contribution is 2.26. The maximum Gasteiger partial charge on any atom is 0.266 e. The van der Waals surface area contributed by atoms with Crippen molar-refractivity contribution in [2.24, 2.45) is 17.8 Å². The van der Waals surface area contributed by atoms with Crippen LogP contribution >= 0.6 is 11.6 Å². The summed E-state index contributed by atoms with van der Waals surface area (Å²) in [4.78, 5) is 20.2. The van der Waals surface area contributed by atoms with E-state index in [0.29, 0.717) is 16.4 Å². The van der Waals surface area contributed by atoms with E-state index in [0.717, 1.165) is 11.3 Å². The number of aromatic nitrogens is 3. The molecule has 4 N–H and O–H groups in total. The van der Waals surface area contributed by atoms with Crippen LogP contribution in [0.5, 0.6) is 0 Å². The molecule has 0 saturated carbocycles. The molecule has 1 atom stereocenters. The van der Waals surface area contributed by atoms with Crippen molar-refractivity contribution in [3.8, 4) is 0 Å². The van der Waals surface area contributed by atoms with E-state index in [9.17, 15) is 4.79 Å². The lowest BCUT2D eigenvalue weighted by Crippen LogP contribution is -2.49. The minimum atomic E-state index is -0.527. The first-order chi connectivity index (χ1) is 12.3. The predicted molar refractivity (Wildman–Crippen MR) is 101 cm³/mol. The number of primary amides is 1. The molecule has 8 nitrogen and oxygen atoms in total. The van der Waals surface area contributed by atoms with Crippen molar-refractivity contribution in [1.82, 2.24) is 25.4 Å². The number of pyridine rings is 1. The maximum atomic E-state index is 11.4. The number of nitrogens with one attached hydrogen (secondary N) is 2.